The van der Waals surface area contributed by atoms with Crippen molar-refractivity contribution in [1.82, 2.24) is 5.32 Å². The summed E-state index contributed by atoms with van der Waals surface area (Å²) >= 11 is 0. The van der Waals surface area contributed by atoms with Crippen LogP contribution in [0.1, 0.15) is 32.3 Å². The lowest BCUT2D eigenvalue weighted by Crippen LogP contribution is -2.20. The van der Waals surface area contributed by atoms with Crippen LogP contribution < -0.4 is 14.8 Å². The van der Waals surface area contributed by atoms with Gasteiger partial charge < -0.3 is 19.5 Å². The number of hydrogen-bond acceptors (Lipinski definition) is 5. The lowest BCUT2D eigenvalue weighted by molar-refractivity contribution is -0.149. The van der Waals surface area contributed by atoms with E-state index in [0.29, 0.717) is 17.5 Å². The van der Waals surface area contributed by atoms with Gasteiger partial charge in [-0.15, -0.1) is 0 Å². The number of esters is 1. The second kappa shape index (κ2) is 7.31. The average molecular weight is 293 g/mol. The van der Waals surface area contributed by atoms with E-state index in [9.17, 15) is 4.79 Å². The first kappa shape index (κ1) is 15.6. The summed E-state index contributed by atoms with van der Waals surface area (Å²) in [5.41, 5.74) is 1.01. The fraction of sp³-hybridized carbons (Fsp3) is 0.562. The molecule has 1 aliphatic carbocycles. The molecule has 0 radical (unpaired) electrons. The summed E-state index contributed by atoms with van der Waals surface area (Å²) in [5.74, 6) is 0.995. The van der Waals surface area contributed by atoms with Gasteiger partial charge in [-0.3, -0.25) is 0 Å². The summed E-state index contributed by atoms with van der Waals surface area (Å²) in [4.78, 5) is 11.6. The largest absolute Gasteiger partial charge is 0.497 e. The predicted octanol–water partition coefficient (Wildman–Crippen LogP) is 2.28. The molecule has 116 valence electrons. The van der Waals surface area contributed by atoms with E-state index in [2.05, 4.69) is 5.32 Å². The Balaban J connectivity index is 1.97. The van der Waals surface area contributed by atoms with Crippen molar-refractivity contribution in [2.75, 3.05) is 13.7 Å². The summed E-state index contributed by atoms with van der Waals surface area (Å²) in [5, 5.41) is 3.43. The maximum Gasteiger partial charge on any atom is 0.344 e. The molecule has 0 aromatic heterocycles. The molecular formula is C16H23NO4. The van der Waals surface area contributed by atoms with Crippen LogP contribution in [-0.2, 0) is 16.1 Å². The van der Waals surface area contributed by atoms with Crippen molar-refractivity contribution in [3.8, 4) is 11.5 Å². The summed E-state index contributed by atoms with van der Waals surface area (Å²) in [6, 6.07) is 6.26. The highest BCUT2D eigenvalue weighted by Crippen LogP contribution is 2.26. The van der Waals surface area contributed by atoms with E-state index in [-0.39, 0.29) is 18.7 Å². The van der Waals surface area contributed by atoms with Gasteiger partial charge >= 0.3 is 5.97 Å². The van der Waals surface area contributed by atoms with Gasteiger partial charge in [0.15, 0.2) is 6.61 Å². The van der Waals surface area contributed by atoms with Gasteiger partial charge in [-0.25, -0.2) is 4.79 Å². The fourth-order valence-electron chi connectivity index (χ4n) is 1.92. The molecule has 0 atom stereocenters. The molecule has 5 nitrogen and oxygen atoms in total. The number of nitrogens with one attached hydrogen (secondary N) is 1. The standard InChI is InChI=1S/C16H23NO4/c1-11(2)21-16(18)10-20-15-8-14(19-3)7-4-12(15)9-17-13-5-6-13/h4,7-8,11,13,17H,5-6,9-10H2,1-3H3. The van der Waals surface area contributed by atoms with Crippen LogP contribution in [0.15, 0.2) is 18.2 Å². The van der Waals surface area contributed by atoms with E-state index in [0.717, 1.165) is 12.1 Å². The third kappa shape index (κ3) is 5.27. The second-order valence-corrected chi connectivity index (χ2v) is 5.46. The van der Waals surface area contributed by atoms with E-state index < -0.39 is 0 Å². The van der Waals surface area contributed by atoms with Gasteiger partial charge in [0.1, 0.15) is 11.5 Å². The predicted molar refractivity (Wildman–Crippen MR) is 79.6 cm³/mol. The monoisotopic (exact) mass is 293 g/mol. The van der Waals surface area contributed by atoms with Crippen molar-refractivity contribution in [2.45, 2.75) is 45.4 Å². The van der Waals surface area contributed by atoms with Crippen molar-refractivity contribution >= 4 is 5.97 Å². The SMILES string of the molecule is COc1ccc(CNC2CC2)c(OCC(=O)OC(C)C)c1. The molecule has 0 saturated heterocycles. The van der Waals surface area contributed by atoms with Gasteiger partial charge in [-0.2, -0.15) is 0 Å². The molecule has 1 N–H and O–H groups in total. The topological polar surface area (TPSA) is 56.8 Å². The Bertz CT molecular complexity index is 483. The summed E-state index contributed by atoms with van der Waals surface area (Å²) in [6.07, 6.45) is 2.32. The van der Waals surface area contributed by atoms with Crippen molar-refractivity contribution < 1.29 is 19.0 Å². The lowest BCUT2D eigenvalue weighted by Gasteiger charge is -2.14. The molecule has 0 bridgehead atoms. The minimum absolute atomic E-state index is 0.0955. The van der Waals surface area contributed by atoms with Gasteiger partial charge in [0.05, 0.1) is 13.2 Å². The minimum atomic E-state index is -0.367. The zero-order chi connectivity index (χ0) is 15.2. The van der Waals surface area contributed by atoms with Crippen LogP contribution in [0, 0.1) is 0 Å². The van der Waals surface area contributed by atoms with Crippen LogP contribution in [0.4, 0.5) is 0 Å². The summed E-state index contributed by atoms with van der Waals surface area (Å²) in [7, 11) is 1.61. The number of methoxy groups -OCH3 is 1. The smallest absolute Gasteiger partial charge is 0.344 e. The molecule has 1 aromatic carbocycles. The number of benzene rings is 1. The van der Waals surface area contributed by atoms with E-state index >= 15 is 0 Å². The number of carbonyl (C=O) groups excluding carboxylic acids is 1. The molecule has 1 aromatic rings. The average Bonchev–Trinajstić information content (AvgIpc) is 3.26. The lowest BCUT2D eigenvalue weighted by atomic mass is 10.2. The third-order valence-electron chi connectivity index (χ3n) is 3.15. The molecule has 0 heterocycles. The normalized spacial score (nSPS) is 14.1. The second-order valence-electron chi connectivity index (χ2n) is 5.46. The molecule has 0 aliphatic heterocycles. The highest BCUT2D eigenvalue weighted by atomic mass is 16.6. The zero-order valence-corrected chi connectivity index (χ0v) is 12.8. The van der Waals surface area contributed by atoms with Gasteiger partial charge in [-0.05, 0) is 32.8 Å². The maximum atomic E-state index is 11.6. The van der Waals surface area contributed by atoms with Gasteiger partial charge in [-0.1, -0.05) is 6.07 Å². The number of ether oxygens (including phenoxy) is 3. The van der Waals surface area contributed by atoms with Crippen molar-refractivity contribution in [1.29, 1.82) is 0 Å². The molecule has 1 fully saturated rings. The van der Waals surface area contributed by atoms with Gasteiger partial charge in [0, 0.05) is 24.2 Å². The Morgan fingerprint density at radius 2 is 2.14 bits per heavy atom. The first-order valence-corrected chi connectivity index (χ1v) is 7.31. The number of carbonyl (C=O) groups is 1. The summed E-state index contributed by atoms with van der Waals surface area (Å²) in [6.45, 7) is 4.26. The minimum Gasteiger partial charge on any atom is -0.497 e. The quantitative estimate of drug-likeness (QED) is 0.745. The first-order chi connectivity index (χ1) is 10.1. The molecule has 5 heteroatoms. The van der Waals surface area contributed by atoms with Crippen molar-refractivity contribution in [3.05, 3.63) is 23.8 Å². The Labute approximate surface area is 125 Å². The van der Waals surface area contributed by atoms with E-state index in [1.165, 1.54) is 12.8 Å². The van der Waals surface area contributed by atoms with Crippen LogP contribution in [-0.4, -0.2) is 31.8 Å². The molecule has 21 heavy (non-hydrogen) atoms. The van der Waals surface area contributed by atoms with Crippen LogP contribution in [0.5, 0.6) is 11.5 Å². The number of hydrogen-bond donors (Lipinski definition) is 1. The van der Waals surface area contributed by atoms with Gasteiger partial charge in [0.2, 0.25) is 0 Å². The molecular weight excluding hydrogens is 270 g/mol. The molecule has 0 amide bonds. The Morgan fingerprint density at radius 3 is 2.76 bits per heavy atom. The Kier molecular flexibility index (Phi) is 5.44. The van der Waals surface area contributed by atoms with Crippen LogP contribution in [0.3, 0.4) is 0 Å². The fourth-order valence-corrected chi connectivity index (χ4v) is 1.92. The highest BCUT2D eigenvalue weighted by Gasteiger charge is 2.21. The summed E-state index contributed by atoms with van der Waals surface area (Å²) < 4.78 is 15.9. The van der Waals surface area contributed by atoms with E-state index in [4.69, 9.17) is 14.2 Å². The van der Waals surface area contributed by atoms with E-state index in [1.807, 2.05) is 26.0 Å². The molecule has 0 unspecified atom stereocenters. The molecule has 1 aliphatic rings. The third-order valence-corrected chi connectivity index (χ3v) is 3.15. The van der Waals surface area contributed by atoms with Crippen LogP contribution in [0.25, 0.3) is 0 Å². The van der Waals surface area contributed by atoms with Crippen LogP contribution in [0.2, 0.25) is 0 Å². The highest BCUT2D eigenvalue weighted by molar-refractivity contribution is 5.71. The Hall–Kier alpha value is -1.75. The van der Waals surface area contributed by atoms with Crippen molar-refractivity contribution in [2.24, 2.45) is 0 Å². The molecule has 0 spiro atoms. The molecule has 2 rings (SSSR count). The maximum absolute atomic E-state index is 11.6. The van der Waals surface area contributed by atoms with Crippen LogP contribution >= 0.6 is 0 Å². The number of rotatable bonds is 8. The van der Waals surface area contributed by atoms with E-state index in [1.54, 1.807) is 13.2 Å². The molecule has 1 saturated carbocycles. The van der Waals surface area contributed by atoms with Gasteiger partial charge in [0.25, 0.3) is 0 Å². The zero-order valence-electron chi connectivity index (χ0n) is 12.8. The van der Waals surface area contributed by atoms with Crippen molar-refractivity contribution in [3.63, 3.8) is 0 Å². The first-order valence-electron chi connectivity index (χ1n) is 7.31. The Morgan fingerprint density at radius 1 is 1.38 bits per heavy atom.